The van der Waals surface area contributed by atoms with Crippen molar-refractivity contribution >= 4 is 22.8 Å². The molecule has 3 nitrogen and oxygen atoms in total. The van der Waals surface area contributed by atoms with Crippen LogP contribution in [0, 0.1) is 0 Å². The summed E-state index contributed by atoms with van der Waals surface area (Å²) in [7, 11) is 0. The molecule has 25 heavy (non-hydrogen) atoms. The standard InChI is InChI=1S/C22H19N3/c23-19-9-5-16(6-10-19)21-13-18(15-3-1-2-4-15)14-22(25-21)17-7-11-20(24)12-8-17/h1-14,25H,23-24H2. The quantitative estimate of drug-likeness (QED) is 0.723. The Morgan fingerprint density at radius 1 is 0.560 bits per heavy atom. The SMILES string of the molecule is Nc1ccc(C2=CC(=C3C=CC=C3)C=C(c3ccc(N)cc3)N2)cc1. The highest BCUT2D eigenvalue weighted by Gasteiger charge is 2.14. The number of anilines is 2. The molecule has 3 heteroatoms. The maximum atomic E-state index is 5.82. The number of nitrogens with two attached hydrogens (primary N) is 2. The van der Waals surface area contributed by atoms with E-state index in [4.69, 9.17) is 11.5 Å². The van der Waals surface area contributed by atoms with Crippen molar-refractivity contribution in [1.29, 1.82) is 0 Å². The molecule has 122 valence electrons. The lowest BCUT2D eigenvalue weighted by atomic mass is 9.97. The summed E-state index contributed by atoms with van der Waals surface area (Å²) in [6.07, 6.45) is 12.7. The van der Waals surface area contributed by atoms with Crippen LogP contribution in [0.3, 0.4) is 0 Å². The molecular weight excluding hydrogens is 306 g/mol. The van der Waals surface area contributed by atoms with Crippen LogP contribution in [0.4, 0.5) is 11.4 Å². The number of dihydropyridines is 1. The number of nitrogens with one attached hydrogen (secondary N) is 1. The Hall–Kier alpha value is -3.46. The molecule has 2 aromatic carbocycles. The second-order valence-electron chi connectivity index (χ2n) is 6.11. The zero-order chi connectivity index (χ0) is 17.2. The smallest absolute Gasteiger partial charge is 0.0464 e. The summed E-state index contributed by atoms with van der Waals surface area (Å²) >= 11 is 0. The topological polar surface area (TPSA) is 64.1 Å². The van der Waals surface area contributed by atoms with Crippen LogP contribution in [0.15, 0.2) is 96.1 Å². The van der Waals surface area contributed by atoms with Crippen molar-refractivity contribution in [1.82, 2.24) is 5.32 Å². The molecule has 0 bridgehead atoms. The van der Waals surface area contributed by atoms with Crippen LogP contribution in [-0.2, 0) is 0 Å². The van der Waals surface area contributed by atoms with E-state index in [1.807, 2.05) is 48.5 Å². The molecule has 0 spiro atoms. The fourth-order valence-corrected chi connectivity index (χ4v) is 2.94. The van der Waals surface area contributed by atoms with Gasteiger partial charge in [0, 0.05) is 22.8 Å². The summed E-state index contributed by atoms with van der Waals surface area (Å²) in [5.41, 5.74) is 19.8. The minimum Gasteiger partial charge on any atom is -0.399 e. The highest BCUT2D eigenvalue weighted by atomic mass is 14.9. The highest BCUT2D eigenvalue weighted by molar-refractivity contribution is 5.85. The Morgan fingerprint density at radius 2 is 1.00 bits per heavy atom. The van der Waals surface area contributed by atoms with E-state index in [2.05, 4.69) is 41.8 Å². The van der Waals surface area contributed by atoms with Crippen LogP contribution in [0.5, 0.6) is 0 Å². The summed E-state index contributed by atoms with van der Waals surface area (Å²) in [4.78, 5) is 0. The average molecular weight is 325 g/mol. The number of hydrogen-bond acceptors (Lipinski definition) is 3. The first-order chi connectivity index (χ1) is 12.2. The summed E-state index contributed by atoms with van der Waals surface area (Å²) in [5, 5.41) is 3.54. The van der Waals surface area contributed by atoms with Gasteiger partial charge in [-0.25, -0.2) is 0 Å². The first kappa shape index (κ1) is 15.1. The van der Waals surface area contributed by atoms with Gasteiger partial charge in [0.15, 0.2) is 0 Å². The van der Waals surface area contributed by atoms with Gasteiger partial charge in [0.25, 0.3) is 0 Å². The first-order valence-electron chi connectivity index (χ1n) is 8.20. The van der Waals surface area contributed by atoms with Crippen LogP contribution in [0.25, 0.3) is 11.4 Å². The Morgan fingerprint density at radius 3 is 1.44 bits per heavy atom. The van der Waals surface area contributed by atoms with Gasteiger partial charge in [0.1, 0.15) is 0 Å². The lowest BCUT2D eigenvalue weighted by Crippen LogP contribution is -2.15. The van der Waals surface area contributed by atoms with E-state index in [0.29, 0.717) is 0 Å². The van der Waals surface area contributed by atoms with Crippen LogP contribution < -0.4 is 16.8 Å². The number of allylic oxidation sites excluding steroid dienone is 8. The molecule has 0 amide bonds. The predicted octanol–water partition coefficient (Wildman–Crippen LogP) is 4.26. The monoisotopic (exact) mass is 325 g/mol. The molecule has 4 rings (SSSR count). The summed E-state index contributed by atoms with van der Waals surface area (Å²) in [6, 6.07) is 15.8. The lowest BCUT2D eigenvalue weighted by molar-refractivity contribution is 1.20. The van der Waals surface area contributed by atoms with Gasteiger partial charge in [-0.15, -0.1) is 0 Å². The molecule has 1 aliphatic carbocycles. The maximum Gasteiger partial charge on any atom is 0.0464 e. The van der Waals surface area contributed by atoms with Gasteiger partial charge in [0.2, 0.25) is 0 Å². The molecule has 1 heterocycles. The molecule has 0 aromatic heterocycles. The van der Waals surface area contributed by atoms with Crippen LogP contribution in [0.2, 0.25) is 0 Å². The van der Waals surface area contributed by atoms with Gasteiger partial charge in [-0.3, -0.25) is 0 Å². The Balaban J connectivity index is 1.80. The number of benzene rings is 2. The second-order valence-corrected chi connectivity index (χ2v) is 6.11. The van der Waals surface area contributed by atoms with Gasteiger partial charge < -0.3 is 16.8 Å². The molecule has 1 aliphatic heterocycles. The van der Waals surface area contributed by atoms with Crippen molar-refractivity contribution in [3.05, 3.63) is 107 Å². The van der Waals surface area contributed by atoms with Gasteiger partial charge in [-0.1, -0.05) is 48.6 Å². The largest absolute Gasteiger partial charge is 0.399 e. The normalized spacial score (nSPS) is 15.8. The van der Waals surface area contributed by atoms with Gasteiger partial charge in [-0.2, -0.15) is 0 Å². The molecule has 0 fully saturated rings. The van der Waals surface area contributed by atoms with E-state index in [1.54, 1.807) is 0 Å². The fraction of sp³-hybridized carbons (Fsp3) is 0. The van der Waals surface area contributed by atoms with E-state index in [-0.39, 0.29) is 0 Å². The van der Waals surface area contributed by atoms with Crippen molar-refractivity contribution in [3.63, 3.8) is 0 Å². The van der Waals surface area contributed by atoms with Crippen LogP contribution in [-0.4, -0.2) is 0 Å². The third-order valence-electron chi connectivity index (χ3n) is 4.31. The zero-order valence-corrected chi connectivity index (χ0v) is 13.7. The average Bonchev–Trinajstić information content (AvgIpc) is 3.17. The van der Waals surface area contributed by atoms with Crippen molar-refractivity contribution in [2.75, 3.05) is 11.5 Å². The molecule has 2 aromatic rings. The van der Waals surface area contributed by atoms with Crippen molar-refractivity contribution in [3.8, 4) is 0 Å². The molecule has 5 N–H and O–H groups in total. The van der Waals surface area contributed by atoms with E-state index in [9.17, 15) is 0 Å². The van der Waals surface area contributed by atoms with Crippen molar-refractivity contribution < 1.29 is 0 Å². The first-order valence-corrected chi connectivity index (χ1v) is 8.20. The fourth-order valence-electron chi connectivity index (χ4n) is 2.94. The maximum absolute atomic E-state index is 5.82. The molecule has 2 aliphatic rings. The van der Waals surface area contributed by atoms with Gasteiger partial charge >= 0.3 is 0 Å². The molecule has 0 unspecified atom stereocenters. The minimum atomic E-state index is 0.759. The summed E-state index contributed by atoms with van der Waals surface area (Å²) < 4.78 is 0. The summed E-state index contributed by atoms with van der Waals surface area (Å²) in [5.74, 6) is 0. The molecular formula is C22H19N3. The van der Waals surface area contributed by atoms with E-state index in [0.717, 1.165) is 33.9 Å². The van der Waals surface area contributed by atoms with E-state index < -0.39 is 0 Å². The third-order valence-corrected chi connectivity index (χ3v) is 4.31. The second kappa shape index (κ2) is 6.21. The molecule has 0 saturated carbocycles. The Labute approximate surface area is 147 Å². The number of hydrogen-bond donors (Lipinski definition) is 3. The van der Waals surface area contributed by atoms with Gasteiger partial charge in [0.05, 0.1) is 0 Å². The van der Waals surface area contributed by atoms with E-state index >= 15 is 0 Å². The highest BCUT2D eigenvalue weighted by Crippen LogP contribution is 2.29. The van der Waals surface area contributed by atoms with Crippen molar-refractivity contribution in [2.24, 2.45) is 0 Å². The molecule has 0 radical (unpaired) electrons. The predicted molar refractivity (Wildman–Crippen MR) is 106 cm³/mol. The lowest BCUT2D eigenvalue weighted by Gasteiger charge is -2.21. The number of nitrogen functional groups attached to an aromatic ring is 2. The molecule has 0 atom stereocenters. The Kier molecular flexibility index (Phi) is 3.75. The van der Waals surface area contributed by atoms with Crippen LogP contribution >= 0.6 is 0 Å². The van der Waals surface area contributed by atoms with E-state index in [1.165, 1.54) is 11.1 Å². The Bertz CT molecular complexity index is 876. The van der Waals surface area contributed by atoms with Gasteiger partial charge in [-0.05, 0) is 58.7 Å². The summed E-state index contributed by atoms with van der Waals surface area (Å²) in [6.45, 7) is 0. The minimum absolute atomic E-state index is 0.759. The number of rotatable bonds is 2. The molecule has 0 saturated heterocycles. The zero-order valence-electron chi connectivity index (χ0n) is 13.7. The third kappa shape index (κ3) is 3.12. The van der Waals surface area contributed by atoms with Crippen molar-refractivity contribution in [2.45, 2.75) is 0 Å². The van der Waals surface area contributed by atoms with Crippen LogP contribution in [0.1, 0.15) is 11.1 Å².